The van der Waals surface area contributed by atoms with Gasteiger partial charge in [0.2, 0.25) is 5.91 Å². The number of carbonyl (C=O) groups is 1. The van der Waals surface area contributed by atoms with Gasteiger partial charge in [0.15, 0.2) is 0 Å². The standard InChI is InChI=1S/C18H34N2O2/c1-13(14-7-9-19-10-8-14)11-16(21)20(5)15-12-18(4,22-6)17(15,2)3/h13-15,19H,7-12H2,1-6H3. The van der Waals surface area contributed by atoms with Crippen LogP contribution in [0.3, 0.4) is 0 Å². The molecule has 1 aliphatic carbocycles. The fourth-order valence-electron chi connectivity index (χ4n) is 4.25. The highest BCUT2D eigenvalue weighted by atomic mass is 16.5. The lowest BCUT2D eigenvalue weighted by molar-refractivity contribution is -0.207. The highest BCUT2D eigenvalue weighted by Gasteiger charge is 2.59. The van der Waals surface area contributed by atoms with E-state index >= 15 is 0 Å². The molecule has 4 heteroatoms. The molecule has 1 saturated carbocycles. The van der Waals surface area contributed by atoms with Crippen LogP contribution < -0.4 is 5.32 Å². The van der Waals surface area contributed by atoms with Gasteiger partial charge in [-0.15, -0.1) is 0 Å². The Morgan fingerprint density at radius 1 is 1.32 bits per heavy atom. The van der Waals surface area contributed by atoms with Gasteiger partial charge in [0, 0.05) is 32.0 Å². The first-order chi connectivity index (χ1) is 10.2. The molecule has 1 saturated heterocycles. The lowest BCUT2D eigenvalue weighted by atomic mass is 9.55. The molecular weight excluding hydrogens is 276 g/mol. The molecular formula is C18H34N2O2. The number of nitrogens with zero attached hydrogens (tertiary/aromatic N) is 1. The summed E-state index contributed by atoms with van der Waals surface area (Å²) in [5.41, 5.74) is -0.114. The van der Waals surface area contributed by atoms with Crippen molar-refractivity contribution in [2.75, 3.05) is 27.2 Å². The van der Waals surface area contributed by atoms with E-state index in [1.807, 2.05) is 11.9 Å². The van der Waals surface area contributed by atoms with Crippen molar-refractivity contribution in [1.82, 2.24) is 10.2 Å². The number of piperidine rings is 1. The molecule has 0 aromatic rings. The topological polar surface area (TPSA) is 41.6 Å². The Morgan fingerprint density at radius 2 is 1.91 bits per heavy atom. The van der Waals surface area contributed by atoms with Crippen LogP contribution in [0.4, 0.5) is 0 Å². The number of methoxy groups -OCH3 is 1. The van der Waals surface area contributed by atoms with E-state index in [-0.39, 0.29) is 17.1 Å². The first-order valence-electron chi connectivity index (χ1n) is 8.74. The molecule has 0 aromatic heterocycles. The predicted octanol–water partition coefficient (Wildman–Crippen LogP) is 2.67. The summed E-state index contributed by atoms with van der Waals surface area (Å²) in [7, 11) is 3.75. The van der Waals surface area contributed by atoms with E-state index in [4.69, 9.17) is 4.74 Å². The van der Waals surface area contributed by atoms with Crippen molar-refractivity contribution in [2.45, 2.75) is 65.0 Å². The Kier molecular flexibility index (Phi) is 5.23. The summed E-state index contributed by atoms with van der Waals surface area (Å²) in [6.45, 7) is 11.0. The smallest absolute Gasteiger partial charge is 0.222 e. The molecule has 1 aliphatic heterocycles. The fraction of sp³-hybridized carbons (Fsp3) is 0.944. The van der Waals surface area contributed by atoms with Gasteiger partial charge in [-0.05, 0) is 51.1 Å². The number of hydrogen-bond acceptors (Lipinski definition) is 3. The molecule has 3 unspecified atom stereocenters. The Hall–Kier alpha value is -0.610. The summed E-state index contributed by atoms with van der Waals surface area (Å²) in [4.78, 5) is 14.7. The lowest BCUT2D eigenvalue weighted by Gasteiger charge is -2.61. The molecule has 0 radical (unpaired) electrons. The summed E-state index contributed by atoms with van der Waals surface area (Å²) in [5.74, 6) is 1.47. The van der Waals surface area contributed by atoms with Crippen LogP contribution in [0.15, 0.2) is 0 Å². The van der Waals surface area contributed by atoms with Crippen LogP contribution in [0.2, 0.25) is 0 Å². The van der Waals surface area contributed by atoms with E-state index in [0.29, 0.717) is 24.2 Å². The van der Waals surface area contributed by atoms with Gasteiger partial charge < -0.3 is 15.0 Å². The molecule has 0 bridgehead atoms. The summed E-state index contributed by atoms with van der Waals surface area (Å²) >= 11 is 0. The van der Waals surface area contributed by atoms with Gasteiger partial charge in [-0.3, -0.25) is 4.79 Å². The monoisotopic (exact) mass is 310 g/mol. The number of carbonyl (C=O) groups excluding carboxylic acids is 1. The average molecular weight is 310 g/mol. The van der Waals surface area contributed by atoms with E-state index in [0.717, 1.165) is 19.5 Å². The summed E-state index contributed by atoms with van der Waals surface area (Å²) < 4.78 is 5.68. The zero-order valence-corrected chi connectivity index (χ0v) is 15.2. The van der Waals surface area contributed by atoms with Gasteiger partial charge in [-0.2, -0.15) is 0 Å². The molecule has 2 rings (SSSR count). The molecule has 4 nitrogen and oxygen atoms in total. The second-order valence-corrected chi connectivity index (χ2v) is 8.15. The minimum absolute atomic E-state index is 0.00412. The van der Waals surface area contributed by atoms with Crippen LogP contribution >= 0.6 is 0 Å². The molecule has 0 spiro atoms. The van der Waals surface area contributed by atoms with Gasteiger partial charge in [-0.1, -0.05) is 20.8 Å². The number of ether oxygens (including phenoxy) is 1. The predicted molar refractivity (Wildman–Crippen MR) is 89.7 cm³/mol. The Balaban J connectivity index is 1.90. The van der Waals surface area contributed by atoms with Crippen molar-refractivity contribution in [1.29, 1.82) is 0 Å². The zero-order valence-electron chi connectivity index (χ0n) is 15.2. The van der Waals surface area contributed by atoms with Crippen molar-refractivity contribution in [3.8, 4) is 0 Å². The van der Waals surface area contributed by atoms with Crippen molar-refractivity contribution < 1.29 is 9.53 Å². The third kappa shape index (κ3) is 3.05. The minimum Gasteiger partial charge on any atom is -0.378 e. The average Bonchev–Trinajstić information content (AvgIpc) is 2.52. The maximum Gasteiger partial charge on any atom is 0.222 e. The van der Waals surface area contributed by atoms with Crippen LogP contribution in [-0.4, -0.2) is 49.7 Å². The number of amides is 1. The maximum atomic E-state index is 12.7. The summed E-state index contributed by atoms with van der Waals surface area (Å²) in [6, 6.07) is 0.283. The van der Waals surface area contributed by atoms with E-state index in [1.54, 1.807) is 7.11 Å². The maximum absolute atomic E-state index is 12.7. The second kappa shape index (κ2) is 6.48. The Bertz CT molecular complexity index is 404. The first kappa shape index (κ1) is 17.7. The summed E-state index contributed by atoms with van der Waals surface area (Å²) in [5, 5.41) is 3.40. The number of nitrogens with one attached hydrogen (secondary N) is 1. The Morgan fingerprint density at radius 3 is 2.41 bits per heavy atom. The molecule has 3 atom stereocenters. The lowest BCUT2D eigenvalue weighted by Crippen LogP contribution is -2.68. The molecule has 2 fully saturated rings. The van der Waals surface area contributed by atoms with Crippen LogP contribution in [0.5, 0.6) is 0 Å². The van der Waals surface area contributed by atoms with E-state index in [1.165, 1.54) is 12.8 Å². The van der Waals surface area contributed by atoms with Gasteiger partial charge in [0.05, 0.1) is 5.60 Å². The van der Waals surface area contributed by atoms with Crippen molar-refractivity contribution >= 4 is 5.91 Å². The third-order valence-corrected chi connectivity index (χ3v) is 6.78. The first-order valence-corrected chi connectivity index (χ1v) is 8.74. The third-order valence-electron chi connectivity index (χ3n) is 6.78. The molecule has 1 heterocycles. The van der Waals surface area contributed by atoms with Crippen LogP contribution in [-0.2, 0) is 9.53 Å². The highest BCUT2D eigenvalue weighted by molar-refractivity contribution is 5.76. The molecule has 128 valence electrons. The van der Waals surface area contributed by atoms with E-state index < -0.39 is 0 Å². The highest BCUT2D eigenvalue weighted by Crippen LogP contribution is 2.53. The SMILES string of the molecule is COC1(C)CC(N(C)C(=O)CC(C)C2CCNCC2)C1(C)C. The van der Waals surface area contributed by atoms with E-state index in [2.05, 4.69) is 33.0 Å². The van der Waals surface area contributed by atoms with Crippen LogP contribution in [0.1, 0.15) is 53.4 Å². The number of hydrogen-bond donors (Lipinski definition) is 1. The second-order valence-electron chi connectivity index (χ2n) is 8.15. The fourth-order valence-corrected chi connectivity index (χ4v) is 4.25. The molecule has 0 aromatic carbocycles. The molecule has 2 aliphatic rings. The van der Waals surface area contributed by atoms with Crippen LogP contribution in [0, 0.1) is 17.3 Å². The number of rotatable bonds is 5. The van der Waals surface area contributed by atoms with Gasteiger partial charge >= 0.3 is 0 Å². The quantitative estimate of drug-likeness (QED) is 0.849. The van der Waals surface area contributed by atoms with Gasteiger partial charge in [0.25, 0.3) is 0 Å². The van der Waals surface area contributed by atoms with Crippen LogP contribution in [0.25, 0.3) is 0 Å². The minimum atomic E-state index is -0.118. The van der Waals surface area contributed by atoms with Crippen molar-refractivity contribution in [2.24, 2.45) is 17.3 Å². The normalized spacial score (nSPS) is 33.1. The Labute approximate surface area is 136 Å². The van der Waals surface area contributed by atoms with Crippen molar-refractivity contribution in [3.63, 3.8) is 0 Å². The molecule has 1 N–H and O–H groups in total. The zero-order chi connectivity index (χ0) is 16.5. The molecule has 22 heavy (non-hydrogen) atoms. The van der Waals surface area contributed by atoms with Crippen molar-refractivity contribution in [3.05, 3.63) is 0 Å². The largest absolute Gasteiger partial charge is 0.378 e. The summed E-state index contributed by atoms with van der Waals surface area (Å²) in [6.07, 6.45) is 4.02. The van der Waals surface area contributed by atoms with E-state index in [9.17, 15) is 4.79 Å². The van der Waals surface area contributed by atoms with Gasteiger partial charge in [-0.25, -0.2) is 0 Å². The van der Waals surface area contributed by atoms with Gasteiger partial charge in [0.1, 0.15) is 0 Å². The molecule has 1 amide bonds.